The topological polar surface area (TPSA) is 24.9 Å². The first-order valence-electron chi connectivity index (χ1n) is 5.22. The molecule has 1 heterocycles. The van der Waals surface area contributed by atoms with Gasteiger partial charge in [0.15, 0.2) is 0 Å². The molecule has 1 aromatic heterocycles. The molecule has 0 unspecified atom stereocenters. The van der Waals surface area contributed by atoms with E-state index in [1.807, 2.05) is 23.0 Å². The van der Waals surface area contributed by atoms with Gasteiger partial charge in [0.2, 0.25) is 0 Å². The predicted octanol–water partition coefficient (Wildman–Crippen LogP) is 4.30. The number of halogens is 2. The lowest BCUT2D eigenvalue weighted by atomic mass is 10.1. The highest BCUT2D eigenvalue weighted by Crippen LogP contribution is 2.26. The molecule has 0 aliphatic heterocycles. The van der Waals surface area contributed by atoms with Crippen molar-refractivity contribution in [3.8, 4) is 0 Å². The van der Waals surface area contributed by atoms with Gasteiger partial charge in [0, 0.05) is 28.0 Å². The van der Waals surface area contributed by atoms with Crippen molar-refractivity contribution in [2.45, 2.75) is 19.5 Å². The number of aromatic nitrogens is 1. The standard InChI is InChI=1S/C12H12Cl2N2S/c1-8(15-5-10-6-17-7-16-10)11-3-2-9(13)4-12(11)14/h2-4,6-8,15H,5H2,1H3/t8-/m1/s1. The van der Waals surface area contributed by atoms with Gasteiger partial charge in [-0.2, -0.15) is 0 Å². The van der Waals surface area contributed by atoms with Crippen LogP contribution in [-0.2, 0) is 6.54 Å². The Kier molecular flexibility index (Phi) is 4.40. The molecular weight excluding hydrogens is 275 g/mol. The Morgan fingerprint density at radius 3 is 2.88 bits per heavy atom. The molecule has 1 N–H and O–H groups in total. The first kappa shape index (κ1) is 12.8. The number of hydrogen-bond donors (Lipinski definition) is 1. The van der Waals surface area contributed by atoms with Crippen molar-refractivity contribution < 1.29 is 0 Å². The van der Waals surface area contributed by atoms with Gasteiger partial charge in [-0.1, -0.05) is 29.3 Å². The Morgan fingerprint density at radius 2 is 2.24 bits per heavy atom. The molecule has 17 heavy (non-hydrogen) atoms. The average molecular weight is 287 g/mol. The molecule has 0 spiro atoms. The lowest BCUT2D eigenvalue weighted by Gasteiger charge is -2.15. The first-order valence-corrected chi connectivity index (χ1v) is 6.92. The molecular formula is C12H12Cl2N2S. The monoisotopic (exact) mass is 286 g/mol. The van der Waals surface area contributed by atoms with Crippen LogP contribution in [0.25, 0.3) is 0 Å². The molecule has 1 atom stereocenters. The van der Waals surface area contributed by atoms with Gasteiger partial charge >= 0.3 is 0 Å². The third-order valence-corrected chi connectivity index (χ3v) is 3.70. The fourth-order valence-electron chi connectivity index (χ4n) is 1.55. The average Bonchev–Trinajstić information content (AvgIpc) is 2.78. The summed E-state index contributed by atoms with van der Waals surface area (Å²) in [6.45, 7) is 2.81. The zero-order chi connectivity index (χ0) is 12.3. The van der Waals surface area contributed by atoms with Crippen LogP contribution in [0, 0.1) is 0 Å². The van der Waals surface area contributed by atoms with E-state index >= 15 is 0 Å². The quantitative estimate of drug-likeness (QED) is 0.906. The molecule has 2 nitrogen and oxygen atoms in total. The molecule has 0 fully saturated rings. The van der Waals surface area contributed by atoms with Gasteiger partial charge in [-0.15, -0.1) is 11.3 Å². The van der Waals surface area contributed by atoms with Crippen molar-refractivity contribution in [3.63, 3.8) is 0 Å². The second-order valence-electron chi connectivity index (χ2n) is 3.75. The Labute approximate surface area is 115 Å². The van der Waals surface area contributed by atoms with Crippen LogP contribution in [0.4, 0.5) is 0 Å². The van der Waals surface area contributed by atoms with E-state index in [0.29, 0.717) is 10.0 Å². The second-order valence-corrected chi connectivity index (χ2v) is 5.31. The molecule has 90 valence electrons. The Hall–Kier alpha value is -0.610. The summed E-state index contributed by atoms with van der Waals surface area (Å²) >= 11 is 13.6. The van der Waals surface area contributed by atoms with E-state index in [1.165, 1.54) is 0 Å². The van der Waals surface area contributed by atoms with E-state index in [1.54, 1.807) is 17.4 Å². The number of benzene rings is 1. The molecule has 2 rings (SSSR count). The molecule has 5 heteroatoms. The van der Waals surface area contributed by atoms with Crippen molar-refractivity contribution in [1.82, 2.24) is 10.3 Å². The second kappa shape index (κ2) is 5.83. The van der Waals surface area contributed by atoms with Crippen molar-refractivity contribution in [2.75, 3.05) is 0 Å². The third kappa shape index (κ3) is 3.42. The normalized spacial score (nSPS) is 12.6. The van der Waals surface area contributed by atoms with Crippen molar-refractivity contribution >= 4 is 34.5 Å². The van der Waals surface area contributed by atoms with Crippen LogP contribution in [0.5, 0.6) is 0 Å². The Morgan fingerprint density at radius 1 is 1.41 bits per heavy atom. The molecule has 0 saturated carbocycles. The molecule has 0 aliphatic carbocycles. The number of hydrogen-bond acceptors (Lipinski definition) is 3. The SMILES string of the molecule is C[C@@H](NCc1cscn1)c1ccc(Cl)cc1Cl. The Bertz CT molecular complexity index is 485. The molecule has 0 aliphatic rings. The van der Waals surface area contributed by atoms with Crippen molar-refractivity contribution in [3.05, 3.63) is 50.4 Å². The van der Waals surface area contributed by atoms with Crippen LogP contribution in [0.2, 0.25) is 10.0 Å². The first-order chi connectivity index (χ1) is 8.16. The maximum Gasteiger partial charge on any atom is 0.0795 e. The van der Waals surface area contributed by atoms with E-state index < -0.39 is 0 Å². The van der Waals surface area contributed by atoms with Crippen LogP contribution < -0.4 is 5.32 Å². The summed E-state index contributed by atoms with van der Waals surface area (Å²) in [6.07, 6.45) is 0. The molecule has 0 saturated heterocycles. The van der Waals surface area contributed by atoms with Gasteiger partial charge in [-0.3, -0.25) is 0 Å². The lowest BCUT2D eigenvalue weighted by Crippen LogP contribution is -2.18. The molecule has 0 radical (unpaired) electrons. The van der Waals surface area contributed by atoms with Gasteiger partial charge < -0.3 is 5.32 Å². The maximum absolute atomic E-state index is 6.15. The van der Waals surface area contributed by atoms with Gasteiger partial charge in [0.25, 0.3) is 0 Å². The molecule has 0 bridgehead atoms. The van der Waals surface area contributed by atoms with Gasteiger partial charge in [0.05, 0.1) is 11.2 Å². The third-order valence-electron chi connectivity index (χ3n) is 2.50. The molecule has 0 amide bonds. The minimum absolute atomic E-state index is 0.168. The number of nitrogens with one attached hydrogen (secondary N) is 1. The van der Waals surface area contributed by atoms with Crippen LogP contribution in [0.15, 0.2) is 29.1 Å². The Balaban J connectivity index is 2.01. The summed E-state index contributed by atoms with van der Waals surface area (Å²) in [6, 6.07) is 5.73. The van der Waals surface area contributed by atoms with E-state index in [0.717, 1.165) is 17.8 Å². The van der Waals surface area contributed by atoms with Crippen LogP contribution in [-0.4, -0.2) is 4.98 Å². The van der Waals surface area contributed by atoms with E-state index in [-0.39, 0.29) is 6.04 Å². The number of thiazole rings is 1. The van der Waals surface area contributed by atoms with Gasteiger partial charge in [-0.25, -0.2) is 4.98 Å². The van der Waals surface area contributed by atoms with Gasteiger partial charge in [-0.05, 0) is 24.6 Å². The number of nitrogens with zero attached hydrogens (tertiary/aromatic N) is 1. The van der Waals surface area contributed by atoms with Gasteiger partial charge in [0.1, 0.15) is 0 Å². The summed E-state index contributed by atoms with van der Waals surface area (Å²) in [7, 11) is 0. The summed E-state index contributed by atoms with van der Waals surface area (Å²) in [5, 5.41) is 6.76. The summed E-state index contributed by atoms with van der Waals surface area (Å²) in [5.41, 5.74) is 3.93. The number of rotatable bonds is 4. The van der Waals surface area contributed by atoms with Crippen molar-refractivity contribution in [1.29, 1.82) is 0 Å². The fraction of sp³-hybridized carbons (Fsp3) is 0.250. The lowest BCUT2D eigenvalue weighted by molar-refractivity contribution is 0.569. The van der Waals surface area contributed by atoms with Crippen LogP contribution >= 0.6 is 34.5 Å². The van der Waals surface area contributed by atoms with E-state index in [4.69, 9.17) is 23.2 Å². The zero-order valence-electron chi connectivity index (χ0n) is 9.28. The fourth-order valence-corrected chi connectivity index (χ4v) is 2.68. The molecule has 2 aromatic rings. The van der Waals surface area contributed by atoms with Crippen molar-refractivity contribution in [2.24, 2.45) is 0 Å². The van der Waals surface area contributed by atoms with Crippen LogP contribution in [0.3, 0.4) is 0 Å². The molecule has 1 aromatic carbocycles. The maximum atomic E-state index is 6.15. The highest BCUT2D eigenvalue weighted by Gasteiger charge is 2.09. The summed E-state index contributed by atoms with van der Waals surface area (Å²) < 4.78 is 0. The highest BCUT2D eigenvalue weighted by molar-refractivity contribution is 7.07. The minimum Gasteiger partial charge on any atom is -0.304 e. The largest absolute Gasteiger partial charge is 0.304 e. The smallest absolute Gasteiger partial charge is 0.0795 e. The zero-order valence-corrected chi connectivity index (χ0v) is 11.6. The van der Waals surface area contributed by atoms with E-state index in [9.17, 15) is 0 Å². The summed E-state index contributed by atoms with van der Waals surface area (Å²) in [5.74, 6) is 0. The van der Waals surface area contributed by atoms with Crippen LogP contribution in [0.1, 0.15) is 24.2 Å². The van der Waals surface area contributed by atoms with E-state index in [2.05, 4.69) is 17.2 Å². The summed E-state index contributed by atoms with van der Waals surface area (Å²) in [4.78, 5) is 4.22. The highest BCUT2D eigenvalue weighted by atomic mass is 35.5. The minimum atomic E-state index is 0.168. The predicted molar refractivity (Wildman–Crippen MR) is 73.8 cm³/mol.